The molecule has 102 valence electrons. The number of aliphatic carboxylic acids is 1. The van der Waals surface area contributed by atoms with Gasteiger partial charge in [-0.05, 0) is 18.4 Å². The third kappa shape index (κ3) is 1.84. The summed E-state index contributed by atoms with van der Waals surface area (Å²) in [5.74, 6) is -4.33. The maximum atomic E-state index is 13.9. The predicted molar refractivity (Wildman–Crippen MR) is 63.2 cm³/mol. The van der Waals surface area contributed by atoms with Crippen LogP contribution in [0.4, 0.5) is 8.78 Å². The monoisotopic (exact) mass is 268 g/mol. The molecule has 0 unspecified atom stereocenters. The first kappa shape index (κ1) is 12.5. The number of carboxylic acid groups (broad SMARTS) is 1. The van der Waals surface area contributed by atoms with Gasteiger partial charge in [-0.3, -0.25) is 4.79 Å². The fourth-order valence-corrected chi connectivity index (χ4v) is 2.41. The molecule has 0 radical (unpaired) electrons. The smallest absolute Gasteiger partial charge is 0.318 e. The van der Waals surface area contributed by atoms with Gasteiger partial charge in [-0.15, -0.1) is 0 Å². The number of hydrogen-bond donors (Lipinski definition) is 1. The van der Waals surface area contributed by atoms with Gasteiger partial charge >= 0.3 is 5.97 Å². The Morgan fingerprint density at radius 3 is 2.21 bits per heavy atom. The van der Waals surface area contributed by atoms with Crippen LogP contribution in [0.25, 0.3) is 0 Å². The van der Waals surface area contributed by atoms with Crippen molar-refractivity contribution in [3.63, 3.8) is 0 Å². The van der Waals surface area contributed by atoms with Crippen molar-refractivity contribution in [2.75, 3.05) is 13.2 Å². The summed E-state index contributed by atoms with van der Waals surface area (Å²) in [6.07, 6.45) is 1.11. The maximum Gasteiger partial charge on any atom is 0.318 e. The fourth-order valence-electron chi connectivity index (χ4n) is 2.41. The van der Waals surface area contributed by atoms with Crippen molar-refractivity contribution in [2.45, 2.75) is 24.2 Å². The molecule has 1 aliphatic heterocycles. The van der Waals surface area contributed by atoms with E-state index in [1.54, 1.807) is 0 Å². The normalized spacial score (nSPS) is 21.8. The highest BCUT2D eigenvalue weighted by molar-refractivity contribution is 5.82. The molecule has 1 N–H and O–H groups in total. The minimum absolute atomic E-state index is 0.0282. The van der Waals surface area contributed by atoms with Crippen LogP contribution < -0.4 is 0 Å². The van der Waals surface area contributed by atoms with E-state index in [0.717, 1.165) is 0 Å². The number of halogens is 2. The van der Waals surface area contributed by atoms with Crippen LogP contribution in [0.3, 0.4) is 0 Å². The second kappa shape index (κ2) is 4.00. The maximum absolute atomic E-state index is 13.9. The van der Waals surface area contributed by atoms with E-state index in [1.165, 1.54) is 24.3 Å². The number of carboxylic acids is 1. The van der Waals surface area contributed by atoms with Gasteiger partial charge in [-0.1, -0.05) is 24.3 Å². The zero-order valence-corrected chi connectivity index (χ0v) is 10.2. The summed E-state index contributed by atoms with van der Waals surface area (Å²) >= 11 is 0. The van der Waals surface area contributed by atoms with Gasteiger partial charge < -0.3 is 9.84 Å². The van der Waals surface area contributed by atoms with Crippen molar-refractivity contribution in [1.29, 1.82) is 0 Å². The molecule has 2 fully saturated rings. The molecular weight excluding hydrogens is 254 g/mol. The van der Waals surface area contributed by atoms with Crippen LogP contribution >= 0.6 is 0 Å². The molecule has 5 heteroatoms. The van der Waals surface area contributed by atoms with Crippen LogP contribution in [0.15, 0.2) is 24.3 Å². The summed E-state index contributed by atoms with van der Waals surface area (Å²) in [4.78, 5) is 11.3. The molecule has 1 aromatic rings. The van der Waals surface area contributed by atoms with Crippen molar-refractivity contribution < 1.29 is 23.4 Å². The number of rotatable bonds is 4. The van der Waals surface area contributed by atoms with Crippen LogP contribution in [0.1, 0.15) is 24.0 Å². The molecule has 3 rings (SSSR count). The molecule has 0 atom stereocenters. The molecule has 1 saturated carbocycles. The van der Waals surface area contributed by atoms with Crippen LogP contribution in [0.5, 0.6) is 0 Å². The van der Waals surface area contributed by atoms with E-state index < -0.39 is 23.2 Å². The van der Waals surface area contributed by atoms with E-state index in [0.29, 0.717) is 18.4 Å². The molecule has 1 saturated heterocycles. The molecule has 0 bridgehead atoms. The van der Waals surface area contributed by atoms with Crippen molar-refractivity contribution in [3.05, 3.63) is 35.4 Å². The Kier molecular flexibility index (Phi) is 2.64. The predicted octanol–water partition coefficient (Wildman–Crippen LogP) is 2.54. The minimum Gasteiger partial charge on any atom is -0.480 e. The van der Waals surface area contributed by atoms with Crippen molar-refractivity contribution in [1.82, 2.24) is 0 Å². The standard InChI is InChI=1S/C14H14F2O3/c15-14(16,11-5-6-11)10-3-1-9(2-4-10)13(12(17)18)7-19-8-13/h1-4,11H,5-8H2,(H,17,18). The van der Waals surface area contributed by atoms with Crippen LogP contribution in [0, 0.1) is 5.92 Å². The molecule has 2 aliphatic rings. The Morgan fingerprint density at radius 2 is 1.84 bits per heavy atom. The lowest BCUT2D eigenvalue weighted by atomic mass is 9.78. The van der Waals surface area contributed by atoms with Gasteiger partial charge in [0, 0.05) is 11.5 Å². The third-order valence-electron chi connectivity index (χ3n) is 4.02. The molecule has 0 spiro atoms. The summed E-state index contributed by atoms with van der Waals surface area (Å²) < 4.78 is 32.7. The number of benzene rings is 1. The molecule has 1 aliphatic carbocycles. The molecule has 0 aromatic heterocycles. The highest BCUT2D eigenvalue weighted by Gasteiger charge is 2.50. The van der Waals surface area contributed by atoms with Crippen LogP contribution in [-0.2, 0) is 20.9 Å². The van der Waals surface area contributed by atoms with E-state index in [1.807, 2.05) is 0 Å². The van der Waals surface area contributed by atoms with Crippen molar-refractivity contribution >= 4 is 5.97 Å². The van der Waals surface area contributed by atoms with Gasteiger partial charge in [0.25, 0.3) is 5.92 Å². The first-order valence-corrected chi connectivity index (χ1v) is 6.27. The van der Waals surface area contributed by atoms with Crippen molar-refractivity contribution in [2.24, 2.45) is 5.92 Å². The summed E-state index contributed by atoms with van der Waals surface area (Å²) in [6, 6.07) is 5.66. The fraction of sp³-hybridized carbons (Fsp3) is 0.500. The molecule has 3 nitrogen and oxygen atoms in total. The molecule has 1 heterocycles. The number of alkyl halides is 2. The van der Waals surface area contributed by atoms with E-state index in [9.17, 15) is 18.7 Å². The summed E-state index contributed by atoms with van der Waals surface area (Å²) in [7, 11) is 0. The van der Waals surface area contributed by atoms with Gasteiger partial charge in [-0.2, -0.15) is 0 Å². The summed E-state index contributed by atoms with van der Waals surface area (Å²) in [6.45, 7) is 0.196. The van der Waals surface area contributed by atoms with Gasteiger partial charge in [0.15, 0.2) is 0 Å². The zero-order valence-electron chi connectivity index (χ0n) is 10.2. The Balaban J connectivity index is 1.88. The first-order chi connectivity index (χ1) is 8.97. The van der Waals surface area contributed by atoms with Gasteiger partial charge in [0.2, 0.25) is 0 Å². The number of ether oxygens (including phenoxy) is 1. The quantitative estimate of drug-likeness (QED) is 0.912. The van der Waals surface area contributed by atoms with E-state index in [4.69, 9.17) is 4.74 Å². The Labute approximate surface area is 109 Å². The second-order valence-electron chi connectivity index (χ2n) is 5.35. The topological polar surface area (TPSA) is 46.5 Å². The first-order valence-electron chi connectivity index (χ1n) is 6.27. The van der Waals surface area contributed by atoms with Gasteiger partial charge in [-0.25, -0.2) is 8.78 Å². The largest absolute Gasteiger partial charge is 0.480 e. The van der Waals surface area contributed by atoms with Gasteiger partial charge in [0.05, 0.1) is 13.2 Å². The lowest BCUT2D eigenvalue weighted by molar-refractivity contribution is -0.163. The highest BCUT2D eigenvalue weighted by Crippen LogP contribution is 2.49. The van der Waals surface area contributed by atoms with Crippen LogP contribution in [0.2, 0.25) is 0 Å². The lowest BCUT2D eigenvalue weighted by Crippen LogP contribution is -2.53. The minimum atomic E-state index is -2.80. The Bertz CT molecular complexity index is 502. The number of hydrogen-bond acceptors (Lipinski definition) is 2. The van der Waals surface area contributed by atoms with Gasteiger partial charge in [0.1, 0.15) is 5.41 Å². The van der Waals surface area contributed by atoms with E-state index in [-0.39, 0.29) is 18.8 Å². The van der Waals surface area contributed by atoms with Crippen LogP contribution in [-0.4, -0.2) is 24.3 Å². The van der Waals surface area contributed by atoms with Crippen molar-refractivity contribution in [3.8, 4) is 0 Å². The SMILES string of the molecule is O=C(O)C1(c2ccc(C(F)(F)C3CC3)cc2)COC1. The highest BCUT2D eigenvalue weighted by atomic mass is 19.3. The molecule has 0 amide bonds. The summed E-state index contributed by atoms with van der Waals surface area (Å²) in [5.41, 5.74) is -0.561. The average molecular weight is 268 g/mol. The zero-order chi connectivity index (χ0) is 13.7. The Hall–Kier alpha value is -1.49. The lowest BCUT2D eigenvalue weighted by Gasteiger charge is -2.37. The molecule has 1 aromatic carbocycles. The second-order valence-corrected chi connectivity index (χ2v) is 5.35. The number of carbonyl (C=O) groups is 1. The Morgan fingerprint density at radius 1 is 1.26 bits per heavy atom. The molecule has 19 heavy (non-hydrogen) atoms. The average Bonchev–Trinajstić information content (AvgIpc) is 3.11. The third-order valence-corrected chi connectivity index (χ3v) is 4.02. The molecular formula is C14H14F2O3. The van der Waals surface area contributed by atoms with E-state index in [2.05, 4.69) is 0 Å². The summed E-state index contributed by atoms with van der Waals surface area (Å²) in [5, 5.41) is 9.24. The van der Waals surface area contributed by atoms with E-state index >= 15 is 0 Å².